The van der Waals surface area contributed by atoms with Crippen molar-refractivity contribution in [2.75, 3.05) is 6.54 Å². The van der Waals surface area contributed by atoms with E-state index < -0.39 is 6.36 Å². The molecule has 152 valence electrons. The Bertz CT molecular complexity index is 896. The fraction of sp³-hybridized carbons (Fsp3) is 0.294. The Morgan fingerprint density at radius 2 is 2.07 bits per heavy atom. The van der Waals surface area contributed by atoms with E-state index in [1.807, 2.05) is 29.1 Å². The Hall–Kier alpha value is -2.02. The molecule has 0 amide bonds. The molecule has 2 N–H and O–H groups in total. The maximum atomic E-state index is 12.5. The number of rotatable bonds is 6. The number of para-hydroxylation sites is 1. The molecule has 0 saturated carbocycles. The maximum Gasteiger partial charge on any atom is 0.573 e. The number of nitrogens with one attached hydrogen (secondary N) is 2. The Kier molecular flexibility index (Phi) is 7.92. The second-order valence-electron chi connectivity index (χ2n) is 5.53. The van der Waals surface area contributed by atoms with Crippen molar-refractivity contribution in [3.05, 3.63) is 53.3 Å². The highest BCUT2D eigenvalue weighted by atomic mass is 127. The lowest BCUT2D eigenvalue weighted by Gasteiger charge is -2.13. The number of aliphatic imine (C=N–C) groups is 1. The fourth-order valence-corrected chi connectivity index (χ4v) is 3.12. The van der Waals surface area contributed by atoms with Crippen LogP contribution in [-0.4, -0.2) is 28.3 Å². The van der Waals surface area contributed by atoms with E-state index in [9.17, 15) is 13.2 Å². The number of nitrogens with zero attached hydrogens (tertiary/aromatic N) is 3. The molecule has 0 fully saturated rings. The smallest absolute Gasteiger partial charge is 0.405 e. The highest BCUT2D eigenvalue weighted by molar-refractivity contribution is 14.0. The van der Waals surface area contributed by atoms with Gasteiger partial charge in [0.2, 0.25) is 0 Å². The van der Waals surface area contributed by atoms with Crippen LogP contribution in [0.4, 0.5) is 13.2 Å². The quantitative estimate of drug-likeness (QED) is 0.288. The van der Waals surface area contributed by atoms with Gasteiger partial charge in [0.1, 0.15) is 5.75 Å². The molecule has 0 saturated heterocycles. The number of hydrogen-bond acceptors (Lipinski definition) is 4. The first kappa shape index (κ1) is 22.3. The molecule has 3 aromatic rings. The van der Waals surface area contributed by atoms with Gasteiger partial charge in [-0.1, -0.05) is 18.2 Å². The molecule has 1 aromatic carbocycles. The normalized spacial score (nSPS) is 11.9. The predicted molar refractivity (Wildman–Crippen MR) is 113 cm³/mol. The van der Waals surface area contributed by atoms with Crippen LogP contribution in [0.25, 0.3) is 4.96 Å². The van der Waals surface area contributed by atoms with Gasteiger partial charge in [-0.05, 0) is 13.0 Å². The van der Waals surface area contributed by atoms with Gasteiger partial charge in [-0.25, -0.2) is 9.98 Å². The van der Waals surface area contributed by atoms with Crippen molar-refractivity contribution in [1.82, 2.24) is 20.0 Å². The van der Waals surface area contributed by atoms with Gasteiger partial charge in [0.05, 0.1) is 18.8 Å². The van der Waals surface area contributed by atoms with Crippen molar-refractivity contribution in [2.45, 2.75) is 26.4 Å². The van der Waals surface area contributed by atoms with Gasteiger partial charge in [-0.15, -0.1) is 48.5 Å². The van der Waals surface area contributed by atoms with Gasteiger partial charge in [-0.2, -0.15) is 0 Å². The second kappa shape index (κ2) is 9.96. The second-order valence-corrected chi connectivity index (χ2v) is 6.40. The molecule has 11 heteroatoms. The van der Waals surface area contributed by atoms with Crippen molar-refractivity contribution in [1.29, 1.82) is 0 Å². The number of alkyl halides is 3. The number of halogens is 4. The van der Waals surface area contributed by atoms with Gasteiger partial charge >= 0.3 is 6.36 Å². The molecule has 2 aromatic heterocycles. The first-order valence-electron chi connectivity index (χ1n) is 8.21. The molecular formula is C17H19F3IN5OS. The van der Waals surface area contributed by atoms with Gasteiger partial charge in [0, 0.05) is 29.9 Å². The van der Waals surface area contributed by atoms with E-state index in [4.69, 9.17) is 0 Å². The summed E-state index contributed by atoms with van der Waals surface area (Å²) < 4.78 is 43.5. The van der Waals surface area contributed by atoms with Crippen LogP contribution >= 0.6 is 35.3 Å². The van der Waals surface area contributed by atoms with Crippen LogP contribution in [0.15, 0.2) is 47.0 Å². The molecular weight excluding hydrogens is 506 g/mol. The van der Waals surface area contributed by atoms with Crippen LogP contribution < -0.4 is 15.4 Å². The lowest BCUT2D eigenvalue weighted by Crippen LogP contribution is -2.36. The highest BCUT2D eigenvalue weighted by Crippen LogP contribution is 2.26. The first-order valence-corrected chi connectivity index (χ1v) is 9.09. The molecule has 0 aliphatic heterocycles. The monoisotopic (exact) mass is 525 g/mol. The van der Waals surface area contributed by atoms with E-state index in [2.05, 4.69) is 25.3 Å². The zero-order chi connectivity index (χ0) is 19.3. The van der Waals surface area contributed by atoms with Crippen molar-refractivity contribution in [3.8, 4) is 5.75 Å². The number of fused-ring (bicyclic) bond motifs is 1. The van der Waals surface area contributed by atoms with E-state index in [0.29, 0.717) is 24.6 Å². The zero-order valence-corrected chi connectivity index (χ0v) is 18.0. The van der Waals surface area contributed by atoms with E-state index in [-0.39, 0.29) is 36.3 Å². The molecule has 0 bridgehead atoms. The lowest BCUT2D eigenvalue weighted by atomic mass is 10.2. The summed E-state index contributed by atoms with van der Waals surface area (Å²) in [4.78, 5) is 9.71. The summed E-state index contributed by atoms with van der Waals surface area (Å²) in [6.07, 6.45) is -0.904. The van der Waals surface area contributed by atoms with Crippen molar-refractivity contribution >= 4 is 46.2 Å². The molecule has 3 rings (SSSR count). The number of benzene rings is 1. The van der Waals surface area contributed by atoms with Crippen LogP contribution in [0.5, 0.6) is 5.75 Å². The van der Waals surface area contributed by atoms with Crippen LogP contribution in [0.2, 0.25) is 0 Å². The molecule has 6 nitrogen and oxygen atoms in total. The third kappa shape index (κ3) is 6.26. The first-order chi connectivity index (χ1) is 12.9. The molecule has 0 spiro atoms. The summed E-state index contributed by atoms with van der Waals surface area (Å²) in [5.74, 6) is 0.231. The molecule has 0 aliphatic carbocycles. The average molecular weight is 525 g/mol. The summed E-state index contributed by atoms with van der Waals surface area (Å²) >= 11 is 1.54. The summed E-state index contributed by atoms with van der Waals surface area (Å²) in [6, 6.07) is 5.96. The topological polar surface area (TPSA) is 63.0 Å². The molecule has 0 atom stereocenters. The van der Waals surface area contributed by atoms with Crippen LogP contribution in [0.1, 0.15) is 18.2 Å². The van der Waals surface area contributed by atoms with Crippen molar-refractivity contribution < 1.29 is 17.9 Å². The number of ether oxygens (including phenoxy) is 1. The highest BCUT2D eigenvalue weighted by Gasteiger charge is 2.31. The van der Waals surface area contributed by atoms with Crippen LogP contribution in [0.3, 0.4) is 0 Å². The molecule has 0 unspecified atom stereocenters. The molecule has 28 heavy (non-hydrogen) atoms. The Morgan fingerprint density at radius 1 is 1.29 bits per heavy atom. The largest absolute Gasteiger partial charge is 0.573 e. The number of guanidine groups is 1. The molecule has 0 radical (unpaired) electrons. The summed E-state index contributed by atoms with van der Waals surface area (Å²) in [6.45, 7) is 3.01. The number of hydrogen-bond donors (Lipinski definition) is 2. The van der Waals surface area contributed by atoms with Crippen LogP contribution in [0, 0.1) is 0 Å². The maximum absolute atomic E-state index is 12.5. The van der Waals surface area contributed by atoms with Crippen molar-refractivity contribution in [2.24, 2.45) is 4.99 Å². The average Bonchev–Trinajstić information content (AvgIpc) is 3.18. The third-order valence-electron chi connectivity index (χ3n) is 3.53. The number of aromatic nitrogens is 2. The third-order valence-corrected chi connectivity index (χ3v) is 4.30. The predicted octanol–water partition coefficient (Wildman–Crippen LogP) is 4.17. The van der Waals surface area contributed by atoms with E-state index >= 15 is 0 Å². The van der Waals surface area contributed by atoms with Crippen molar-refractivity contribution in [3.63, 3.8) is 0 Å². The van der Waals surface area contributed by atoms with Crippen LogP contribution in [-0.2, 0) is 13.1 Å². The Labute approximate surface area is 180 Å². The van der Waals surface area contributed by atoms with E-state index in [1.165, 1.54) is 23.5 Å². The lowest BCUT2D eigenvalue weighted by molar-refractivity contribution is -0.274. The summed E-state index contributed by atoms with van der Waals surface area (Å²) in [7, 11) is 0. The Balaban J connectivity index is 0.00000280. The van der Waals surface area contributed by atoms with Gasteiger partial charge in [-0.3, -0.25) is 4.40 Å². The minimum absolute atomic E-state index is 0. The number of thiazole rings is 1. The van der Waals surface area contributed by atoms with Gasteiger partial charge in [0.25, 0.3) is 0 Å². The molecule has 0 aliphatic rings. The summed E-state index contributed by atoms with van der Waals surface area (Å²) in [5, 5.41) is 8.14. The SMILES string of the molecule is CCNC(=NCc1ccccc1OC(F)(F)F)NCc1cn2ccsc2n1.I. The Morgan fingerprint density at radius 3 is 2.79 bits per heavy atom. The standard InChI is InChI=1S/C17H18F3N5OS.HI/c1-2-21-15(23-10-13-11-25-7-8-27-16(25)24-13)22-9-12-5-3-4-6-14(12)26-17(18,19)20;/h3-8,11H,2,9-10H2,1H3,(H2,21,22,23);1H. The van der Waals surface area contributed by atoms with Gasteiger partial charge < -0.3 is 15.4 Å². The summed E-state index contributed by atoms with van der Waals surface area (Å²) in [5.41, 5.74) is 1.18. The van der Waals surface area contributed by atoms with Gasteiger partial charge in [0.15, 0.2) is 10.9 Å². The van der Waals surface area contributed by atoms with E-state index in [0.717, 1.165) is 10.7 Å². The zero-order valence-electron chi connectivity index (χ0n) is 14.9. The minimum atomic E-state index is -4.74. The fourth-order valence-electron chi connectivity index (χ4n) is 2.40. The number of imidazole rings is 1. The van der Waals surface area contributed by atoms with E-state index in [1.54, 1.807) is 12.1 Å². The molecule has 2 heterocycles. The minimum Gasteiger partial charge on any atom is -0.405 e.